The summed E-state index contributed by atoms with van der Waals surface area (Å²) in [6.45, 7) is 15.2. The molecule has 1 amide bonds. The summed E-state index contributed by atoms with van der Waals surface area (Å²) in [6, 6.07) is 14.6. The van der Waals surface area contributed by atoms with Gasteiger partial charge in [0.2, 0.25) is 5.91 Å². The van der Waals surface area contributed by atoms with Crippen LogP contribution in [0.25, 0.3) is 0 Å². The normalized spacial score (nSPS) is 12.0. The fourth-order valence-electron chi connectivity index (χ4n) is 3.42. The smallest absolute Gasteiger partial charge is 0.221 e. The molecule has 0 bridgehead atoms. The van der Waals surface area contributed by atoms with Gasteiger partial charge in [-0.25, -0.2) is 4.39 Å². The van der Waals surface area contributed by atoms with Gasteiger partial charge in [-0.2, -0.15) is 0 Å². The fourth-order valence-corrected chi connectivity index (χ4v) is 3.91. The van der Waals surface area contributed by atoms with Crippen molar-refractivity contribution < 1.29 is 13.9 Å². The number of carbonyl (C=O) groups is 1. The molecule has 0 saturated carbocycles. The lowest BCUT2D eigenvalue weighted by Crippen LogP contribution is -2.34. The molecular formula is C32H43Cl2FN2O2. The molecule has 1 N–H and O–H groups in total. The van der Waals surface area contributed by atoms with Crippen molar-refractivity contribution in [1.29, 1.82) is 0 Å². The van der Waals surface area contributed by atoms with E-state index in [2.05, 4.69) is 42.1 Å². The number of allylic oxidation sites excluding steroid dienone is 3. The zero-order valence-corrected chi connectivity index (χ0v) is 25.8. The minimum absolute atomic E-state index is 0.0605. The predicted octanol–water partition coefficient (Wildman–Crippen LogP) is 9.04. The molecule has 0 heterocycles. The van der Waals surface area contributed by atoms with Crippen LogP contribution in [0.4, 0.5) is 10.1 Å². The summed E-state index contributed by atoms with van der Waals surface area (Å²) >= 11 is 12.6. The monoisotopic (exact) mass is 576 g/mol. The Labute approximate surface area is 245 Å². The number of rotatable bonds is 11. The Morgan fingerprint density at radius 3 is 2.31 bits per heavy atom. The van der Waals surface area contributed by atoms with E-state index in [9.17, 15) is 9.18 Å². The van der Waals surface area contributed by atoms with Crippen LogP contribution >= 0.6 is 23.2 Å². The van der Waals surface area contributed by atoms with Crippen LogP contribution < -0.4 is 5.32 Å². The summed E-state index contributed by atoms with van der Waals surface area (Å²) < 4.78 is 18.8. The standard InChI is InChI=1S/C21H27Cl2NO.C9H10FNO.C2H6/c1-5-14-24(21(19(22)7-3)20(23)8-4)15-18(6-2)25-16-17-12-10-9-11-13-17;1-6-5-8(11-7(2)12)3-4-9(6)10;1-2/h3,8-13,18H,5-6,14-16H2,1-2,4H3;3-5H,1-2H3,(H,11,12);1-2H3/b20-8+,21-19-;;. The lowest BCUT2D eigenvalue weighted by Gasteiger charge is -2.31. The highest BCUT2D eigenvalue weighted by Crippen LogP contribution is 2.26. The van der Waals surface area contributed by atoms with E-state index in [4.69, 9.17) is 34.4 Å². The minimum atomic E-state index is -0.260. The number of halogens is 3. The quantitative estimate of drug-likeness (QED) is 0.214. The van der Waals surface area contributed by atoms with Crippen molar-refractivity contribution in [3.63, 3.8) is 0 Å². The fraction of sp³-hybridized carbons (Fsp3) is 0.406. The van der Waals surface area contributed by atoms with Gasteiger partial charge >= 0.3 is 0 Å². The van der Waals surface area contributed by atoms with Gasteiger partial charge in [0.05, 0.1) is 23.4 Å². The van der Waals surface area contributed by atoms with Crippen molar-refractivity contribution in [2.45, 2.75) is 74.0 Å². The number of carbonyl (C=O) groups excluding carboxylic acids is 1. The second-order valence-corrected chi connectivity index (χ2v) is 9.15. The first-order valence-electron chi connectivity index (χ1n) is 13.3. The number of benzene rings is 2. The zero-order valence-electron chi connectivity index (χ0n) is 24.3. The second kappa shape index (κ2) is 21.1. The van der Waals surface area contributed by atoms with Gasteiger partial charge in [-0.15, -0.1) is 6.42 Å². The largest absolute Gasteiger partial charge is 0.372 e. The first-order chi connectivity index (χ1) is 18.7. The van der Waals surface area contributed by atoms with Crippen molar-refractivity contribution >= 4 is 34.8 Å². The molecule has 0 spiro atoms. The van der Waals surface area contributed by atoms with Crippen LogP contribution in [0.5, 0.6) is 0 Å². The van der Waals surface area contributed by atoms with E-state index in [0.717, 1.165) is 24.9 Å². The van der Waals surface area contributed by atoms with Crippen molar-refractivity contribution in [1.82, 2.24) is 4.90 Å². The Morgan fingerprint density at radius 2 is 1.82 bits per heavy atom. The van der Waals surface area contributed by atoms with Crippen LogP contribution in [0.1, 0.15) is 65.5 Å². The number of amides is 1. The van der Waals surface area contributed by atoms with Crippen molar-refractivity contribution in [3.05, 3.63) is 87.3 Å². The van der Waals surface area contributed by atoms with Gasteiger partial charge in [-0.05, 0) is 56.0 Å². The van der Waals surface area contributed by atoms with Gasteiger partial charge in [0.15, 0.2) is 0 Å². The van der Waals surface area contributed by atoms with Crippen molar-refractivity contribution in [3.8, 4) is 12.3 Å². The number of hydrogen-bond acceptors (Lipinski definition) is 3. The van der Waals surface area contributed by atoms with Crippen LogP contribution in [0, 0.1) is 25.1 Å². The van der Waals surface area contributed by atoms with Gasteiger partial charge in [-0.3, -0.25) is 4.79 Å². The molecule has 1 atom stereocenters. The molecule has 0 aliphatic heterocycles. The lowest BCUT2D eigenvalue weighted by molar-refractivity contribution is -0.114. The summed E-state index contributed by atoms with van der Waals surface area (Å²) in [5.74, 6) is 2.09. The number of ether oxygens (including phenoxy) is 1. The Hall–Kier alpha value is -2.78. The molecule has 0 radical (unpaired) electrons. The van der Waals surface area contributed by atoms with Crippen molar-refractivity contribution in [2.24, 2.45) is 0 Å². The van der Waals surface area contributed by atoms with Crippen LogP contribution in [0.15, 0.2) is 70.4 Å². The van der Waals surface area contributed by atoms with E-state index in [1.807, 2.05) is 45.0 Å². The average Bonchev–Trinajstić information content (AvgIpc) is 2.94. The van der Waals surface area contributed by atoms with Crippen LogP contribution in [0.3, 0.4) is 0 Å². The summed E-state index contributed by atoms with van der Waals surface area (Å²) in [5, 5.41) is 3.46. The highest BCUT2D eigenvalue weighted by molar-refractivity contribution is 6.36. The molecule has 7 heteroatoms. The third kappa shape index (κ3) is 14.3. The molecule has 4 nitrogen and oxygen atoms in total. The summed E-state index contributed by atoms with van der Waals surface area (Å²) in [5.41, 5.74) is 3.02. The Morgan fingerprint density at radius 1 is 1.18 bits per heavy atom. The predicted molar refractivity (Wildman–Crippen MR) is 165 cm³/mol. The Kier molecular flexibility index (Phi) is 19.6. The first-order valence-corrected chi connectivity index (χ1v) is 14.0. The van der Waals surface area contributed by atoms with E-state index >= 15 is 0 Å². The first kappa shape index (κ1) is 36.2. The highest BCUT2D eigenvalue weighted by Gasteiger charge is 2.20. The Balaban J connectivity index is 0.000000858. The molecule has 0 aliphatic rings. The zero-order chi connectivity index (χ0) is 29.8. The van der Waals surface area contributed by atoms with Crippen LogP contribution in [-0.4, -0.2) is 30.0 Å². The maximum absolute atomic E-state index is 12.7. The van der Waals surface area contributed by atoms with Gasteiger partial charge in [0, 0.05) is 25.7 Å². The number of hydrogen-bond donors (Lipinski definition) is 1. The molecule has 0 saturated heterocycles. The van der Waals surface area contributed by atoms with Gasteiger partial charge < -0.3 is 15.0 Å². The number of nitrogens with one attached hydrogen (secondary N) is 1. The number of aryl methyl sites for hydroxylation is 1. The highest BCUT2D eigenvalue weighted by atomic mass is 35.5. The lowest BCUT2D eigenvalue weighted by atomic mass is 10.2. The SMILES string of the molecule is C#C/C(Cl)=C(\C(Cl)=C/C)N(CCC)CC(CC)OCc1ccccc1.CC.CC(=O)Nc1ccc(F)c(C)c1. The molecule has 0 aromatic heterocycles. The third-order valence-corrected chi connectivity index (χ3v) is 6.00. The summed E-state index contributed by atoms with van der Waals surface area (Å²) in [7, 11) is 0. The third-order valence-electron chi connectivity index (χ3n) is 5.31. The molecule has 1 unspecified atom stereocenters. The van der Waals surface area contributed by atoms with E-state index in [0.29, 0.717) is 40.2 Å². The van der Waals surface area contributed by atoms with E-state index in [-0.39, 0.29) is 17.8 Å². The van der Waals surface area contributed by atoms with E-state index < -0.39 is 0 Å². The minimum Gasteiger partial charge on any atom is -0.372 e. The summed E-state index contributed by atoms with van der Waals surface area (Å²) in [4.78, 5) is 12.7. The van der Waals surface area contributed by atoms with Gasteiger partial charge in [0.1, 0.15) is 10.8 Å². The van der Waals surface area contributed by atoms with Crippen LogP contribution in [-0.2, 0) is 16.1 Å². The molecule has 0 fully saturated rings. The maximum atomic E-state index is 12.7. The van der Waals surface area contributed by atoms with E-state index in [1.54, 1.807) is 13.0 Å². The second-order valence-electron chi connectivity index (χ2n) is 8.36. The molecule has 2 aromatic carbocycles. The average molecular weight is 578 g/mol. The molecule has 39 heavy (non-hydrogen) atoms. The summed E-state index contributed by atoms with van der Waals surface area (Å²) in [6.07, 6.45) is 9.23. The molecular weight excluding hydrogens is 534 g/mol. The topological polar surface area (TPSA) is 41.6 Å². The van der Waals surface area contributed by atoms with Crippen molar-refractivity contribution in [2.75, 3.05) is 18.4 Å². The number of anilines is 1. The van der Waals surface area contributed by atoms with E-state index in [1.165, 1.54) is 19.1 Å². The van der Waals surface area contributed by atoms with Gasteiger partial charge in [0.25, 0.3) is 0 Å². The Bertz CT molecular complexity index is 1100. The molecule has 214 valence electrons. The number of terminal acetylenes is 1. The number of nitrogens with zero attached hydrogens (tertiary/aromatic N) is 1. The molecule has 2 aromatic rings. The molecule has 0 aliphatic carbocycles. The van der Waals surface area contributed by atoms with Crippen LogP contribution in [0.2, 0.25) is 0 Å². The maximum Gasteiger partial charge on any atom is 0.221 e. The van der Waals surface area contributed by atoms with Gasteiger partial charge in [-0.1, -0.05) is 93.2 Å². The molecule has 2 rings (SSSR count).